The van der Waals surface area contributed by atoms with Crippen molar-refractivity contribution in [2.75, 3.05) is 19.4 Å². The van der Waals surface area contributed by atoms with Crippen molar-refractivity contribution in [3.8, 4) is 0 Å². The van der Waals surface area contributed by atoms with E-state index in [2.05, 4.69) is 15.5 Å². The molecule has 1 heterocycles. The molecule has 1 atom stereocenters. The lowest BCUT2D eigenvalue weighted by molar-refractivity contribution is -0.115. The third kappa shape index (κ3) is 4.88. The second-order valence-corrected chi connectivity index (χ2v) is 10.1. The summed E-state index contributed by atoms with van der Waals surface area (Å²) < 4.78 is 27.5. The van der Waals surface area contributed by atoms with Gasteiger partial charge in [0.05, 0.1) is 10.1 Å². The first-order valence-electron chi connectivity index (χ1n) is 8.43. The van der Waals surface area contributed by atoms with Gasteiger partial charge in [-0.3, -0.25) is 4.79 Å². The Morgan fingerprint density at radius 3 is 2.44 bits per heavy atom. The van der Waals surface area contributed by atoms with Crippen LogP contribution in [-0.4, -0.2) is 52.7 Å². The summed E-state index contributed by atoms with van der Waals surface area (Å²) in [6, 6.07) is 6.20. The van der Waals surface area contributed by atoms with E-state index in [9.17, 15) is 13.2 Å². The third-order valence-corrected chi connectivity index (χ3v) is 6.86. The van der Waals surface area contributed by atoms with E-state index in [0.717, 1.165) is 10.1 Å². The molecule has 0 radical (unpaired) electrons. The molecular formula is C17H25N5O3S2. The van der Waals surface area contributed by atoms with Gasteiger partial charge in [-0.1, -0.05) is 31.7 Å². The molecule has 1 N–H and O–H groups in total. The Kier molecular flexibility index (Phi) is 6.66. The van der Waals surface area contributed by atoms with Crippen molar-refractivity contribution >= 4 is 33.4 Å². The van der Waals surface area contributed by atoms with Crippen molar-refractivity contribution < 1.29 is 13.2 Å². The van der Waals surface area contributed by atoms with Gasteiger partial charge < -0.3 is 9.88 Å². The standard InChI is InChI=1S/C17H25N5O3S2/c1-11(2)15-19-20-17(22(15)6)26-12(3)16(23)18-13-8-7-9-14(10-13)27(24,25)21(4)5/h7-12H,1-6H3,(H,18,23). The normalized spacial score (nSPS) is 13.2. The first kappa shape index (κ1) is 21.4. The van der Waals surface area contributed by atoms with Gasteiger partial charge in [0.2, 0.25) is 15.9 Å². The number of hydrogen-bond acceptors (Lipinski definition) is 6. The molecule has 0 fully saturated rings. The number of sulfonamides is 1. The molecule has 10 heteroatoms. The minimum absolute atomic E-state index is 0.125. The fraction of sp³-hybridized carbons (Fsp3) is 0.471. The van der Waals surface area contributed by atoms with Crippen LogP contribution in [0.3, 0.4) is 0 Å². The maximum Gasteiger partial charge on any atom is 0.242 e. The summed E-state index contributed by atoms with van der Waals surface area (Å²) >= 11 is 1.30. The Morgan fingerprint density at radius 2 is 1.89 bits per heavy atom. The third-order valence-electron chi connectivity index (χ3n) is 3.92. The molecule has 0 aliphatic heterocycles. The van der Waals surface area contributed by atoms with Crippen LogP contribution in [0.4, 0.5) is 5.69 Å². The summed E-state index contributed by atoms with van der Waals surface area (Å²) in [5.41, 5.74) is 0.427. The molecule has 148 valence electrons. The zero-order valence-electron chi connectivity index (χ0n) is 16.3. The number of carbonyl (C=O) groups is 1. The second-order valence-electron chi connectivity index (χ2n) is 6.62. The van der Waals surface area contributed by atoms with Crippen LogP contribution in [-0.2, 0) is 21.9 Å². The molecular weight excluding hydrogens is 386 g/mol. The number of nitrogens with zero attached hydrogens (tertiary/aromatic N) is 4. The van der Waals surface area contributed by atoms with Crippen LogP contribution < -0.4 is 5.32 Å². The molecule has 2 rings (SSSR count). The molecule has 27 heavy (non-hydrogen) atoms. The Balaban J connectivity index is 2.11. The SMILES string of the molecule is CC(Sc1nnc(C(C)C)n1C)C(=O)Nc1cccc(S(=O)(=O)N(C)C)c1. The maximum absolute atomic E-state index is 12.5. The quantitative estimate of drug-likeness (QED) is 0.702. The average molecular weight is 412 g/mol. The van der Waals surface area contributed by atoms with E-state index in [1.165, 1.54) is 38.0 Å². The highest BCUT2D eigenvalue weighted by atomic mass is 32.2. The van der Waals surface area contributed by atoms with Crippen LogP contribution in [0, 0.1) is 0 Å². The van der Waals surface area contributed by atoms with Gasteiger partial charge in [0.1, 0.15) is 5.82 Å². The molecule has 0 aliphatic rings. The van der Waals surface area contributed by atoms with Crippen LogP contribution in [0.25, 0.3) is 0 Å². The minimum atomic E-state index is -3.56. The summed E-state index contributed by atoms with van der Waals surface area (Å²) in [5, 5.41) is 11.3. The van der Waals surface area contributed by atoms with Crippen LogP contribution in [0.5, 0.6) is 0 Å². The fourth-order valence-corrected chi connectivity index (χ4v) is 4.10. The zero-order chi connectivity index (χ0) is 20.4. The number of thioether (sulfide) groups is 1. The molecule has 2 aromatic rings. The van der Waals surface area contributed by atoms with E-state index < -0.39 is 15.3 Å². The molecule has 1 amide bonds. The van der Waals surface area contributed by atoms with Gasteiger partial charge in [-0.05, 0) is 25.1 Å². The van der Waals surface area contributed by atoms with E-state index in [0.29, 0.717) is 10.8 Å². The van der Waals surface area contributed by atoms with Crippen molar-refractivity contribution in [3.05, 3.63) is 30.1 Å². The number of benzene rings is 1. The Labute approximate surface area is 164 Å². The number of nitrogens with one attached hydrogen (secondary N) is 1. The molecule has 0 bridgehead atoms. The molecule has 1 unspecified atom stereocenters. The van der Waals surface area contributed by atoms with E-state index in [4.69, 9.17) is 0 Å². The average Bonchev–Trinajstić information content (AvgIpc) is 2.95. The topological polar surface area (TPSA) is 97.2 Å². The minimum Gasteiger partial charge on any atom is -0.325 e. The predicted octanol–water partition coefficient (Wildman–Crippen LogP) is 2.31. The first-order chi connectivity index (χ1) is 12.5. The van der Waals surface area contributed by atoms with Gasteiger partial charge in [-0.25, -0.2) is 12.7 Å². The van der Waals surface area contributed by atoms with Crippen LogP contribution in [0.1, 0.15) is 32.5 Å². The van der Waals surface area contributed by atoms with Gasteiger partial charge in [0, 0.05) is 32.7 Å². The zero-order valence-corrected chi connectivity index (χ0v) is 17.9. The molecule has 0 saturated heterocycles. The summed E-state index contributed by atoms with van der Waals surface area (Å²) in [7, 11) is 1.24. The largest absolute Gasteiger partial charge is 0.325 e. The molecule has 0 spiro atoms. The first-order valence-corrected chi connectivity index (χ1v) is 10.8. The van der Waals surface area contributed by atoms with Gasteiger partial charge in [0.25, 0.3) is 0 Å². The van der Waals surface area contributed by atoms with Crippen molar-refractivity contribution in [2.24, 2.45) is 7.05 Å². The molecule has 1 aromatic heterocycles. The number of amides is 1. The number of anilines is 1. The summed E-state index contributed by atoms with van der Waals surface area (Å²) in [5.74, 6) is 0.850. The van der Waals surface area contributed by atoms with Crippen LogP contribution in [0.2, 0.25) is 0 Å². The van der Waals surface area contributed by atoms with Gasteiger partial charge in [-0.2, -0.15) is 0 Å². The van der Waals surface area contributed by atoms with Gasteiger partial charge in [-0.15, -0.1) is 10.2 Å². The number of carbonyl (C=O) groups excluding carboxylic acids is 1. The lowest BCUT2D eigenvalue weighted by Crippen LogP contribution is -2.24. The van der Waals surface area contributed by atoms with Crippen molar-refractivity contribution in [1.82, 2.24) is 19.1 Å². The highest BCUT2D eigenvalue weighted by Crippen LogP contribution is 2.25. The maximum atomic E-state index is 12.5. The Bertz CT molecular complexity index is 922. The Hall–Kier alpha value is -1.91. The van der Waals surface area contributed by atoms with E-state index in [1.807, 2.05) is 25.5 Å². The van der Waals surface area contributed by atoms with Crippen LogP contribution in [0.15, 0.2) is 34.3 Å². The van der Waals surface area contributed by atoms with E-state index in [-0.39, 0.29) is 16.7 Å². The van der Waals surface area contributed by atoms with Crippen molar-refractivity contribution in [2.45, 2.75) is 42.0 Å². The van der Waals surface area contributed by atoms with Gasteiger partial charge in [0.15, 0.2) is 5.16 Å². The van der Waals surface area contributed by atoms with Crippen molar-refractivity contribution in [3.63, 3.8) is 0 Å². The van der Waals surface area contributed by atoms with E-state index >= 15 is 0 Å². The molecule has 0 aliphatic carbocycles. The number of rotatable bonds is 7. The van der Waals surface area contributed by atoms with Crippen LogP contribution >= 0.6 is 11.8 Å². The molecule has 1 aromatic carbocycles. The predicted molar refractivity (Wildman–Crippen MR) is 106 cm³/mol. The smallest absolute Gasteiger partial charge is 0.242 e. The van der Waals surface area contributed by atoms with Crippen molar-refractivity contribution in [1.29, 1.82) is 0 Å². The fourth-order valence-electron chi connectivity index (χ4n) is 2.33. The van der Waals surface area contributed by atoms with E-state index in [1.54, 1.807) is 19.1 Å². The lowest BCUT2D eigenvalue weighted by atomic mass is 10.2. The summed E-state index contributed by atoms with van der Waals surface area (Å²) in [6.45, 7) is 5.83. The summed E-state index contributed by atoms with van der Waals surface area (Å²) in [4.78, 5) is 12.6. The molecule has 0 saturated carbocycles. The Morgan fingerprint density at radius 1 is 1.22 bits per heavy atom. The monoisotopic (exact) mass is 411 g/mol. The highest BCUT2D eigenvalue weighted by Gasteiger charge is 2.21. The number of aromatic nitrogens is 3. The second kappa shape index (κ2) is 8.41. The van der Waals surface area contributed by atoms with Gasteiger partial charge >= 0.3 is 0 Å². The molecule has 8 nitrogen and oxygen atoms in total. The lowest BCUT2D eigenvalue weighted by Gasteiger charge is -2.14. The summed E-state index contributed by atoms with van der Waals surface area (Å²) in [6.07, 6.45) is 0. The number of hydrogen-bond donors (Lipinski definition) is 1. The highest BCUT2D eigenvalue weighted by molar-refractivity contribution is 8.00.